The van der Waals surface area contributed by atoms with Crippen molar-refractivity contribution in [1.29, 1.82) is 0 Å². The fraction of sp³-hybridized carbons (Fsp3) is 0.333. The molecule has 3 aromatic rings. The molecule has 102 valence electrons. The van der Waals surface area contributed by atoms with Crippen molar-refractivity contribution < 1.29 is 4.42 Å². The van der Waals surface area contributed by atoms with Gasteiger partial charge in [-0.1, -0.05) is 0 Å². The first kappa shape index (κ1) is 12.0. The number of furan rings is 1. The number of rotatable bonds is 2. The molecule has 0 atom stereocenters. The summed E-state index contributed by atoms with van der Waals surface area (Å²) < 4.78 is 7.67. The van der Waals surface area contributed by atoms with E-state index in [0.717, 1.165) is 22.9 Å². The summed E-state index contributed by atoms with van der Waals surface area (Å²) in [5.74, 6) is 4.81. The third-order valence-corrected chi connectivity index (χ3v) is 4.80. The lowest BCUT2D eigenvalue weighted by atomic mass is 10.0. The first-order chi connectivity index (χ1) is 9.93. The number of hydrogen-bond acceptors (Lipinski definition) is 4. The number of thioether (sulfide) groups is 1. The second kappa shape index (κ2) is 4.98. The Bertz CT molecular complexity index is 714. The quantitative estimate of drug-likeness (QED) is 0.721. The number of fused-ring (bicyclic) bond motifs is 1. The predicted molar refractivity (Wildman–Crippen MR) is 80.4 cm³/mol. The van der Waals surface area contributed by atoms with E-state index in [1.165, 1.54) is 24.3 Å². The Morgan fingerprint density at radius 2 is 2.10 bits per heavy atom. The van der Waals surface area contributed by atoms with Gasteiger partial charge in [-0.2, -0.15) is 11.8 Å². The van der Waals surface area contributed by atoms with E-state index >= 15 is 0 Å². The van der Waals surface area contributed by atoms with Crippen LogP contribution in [0.2, 0.25) is 0 Å². The lowest BCUT2D eigenvalue weighted by Crippen LogP contribution is -2.13. The Morgan fingerprint density at radius 1 is 1.20 bits per heavy atom. The highest BCUT2D eigenvalue weighted by Gasteiger charge is 2.24. The summed E-state index contributed by atoms with van der Waals surface area (Å²) in [6.07, 6.45) is 5.86. The van der Waals surface area contributed by atoms with E-state index in [9.17, 15) is 0 Å². The van der Waals surface area contributed by atoms with E-state index in [2.05, 4.69) is 9.55 Å². The predicted octanol–water partition coefficient (Wildman–Crippen LogP) is 3.62. The summed E-state index contributed by atoms with van der Waals surface area (Å²) in [7, 11) is 0. The van der Waals surface area contributed by atoms with Gasteiger partial charge in [0.1, 0.15) is 11.3 Å². The maximum absolute atomic E-state index is 5.60. The number of hydrogen-bond donors (Lipinski definition) is 0. The Labute approximate surface area is 121 Å². The van der Waals surface area contributed by atoms with Crippen molar-refractivity contribution in [3.05, 3.63) is 42.5 Å². The topological polar surface area (TPSA) is 43.9 Å². The largest absolute Gasteiger partial charge is 0.448 e. The molecule has 0 N–H and O–H groups in total. The van der Waals surface area contributed by atoms with Crippen molar-refractivity contribution in [2.75, 3.05) is 11.5 Å². The summed E-state index contributed by atoms with van der Waals surface area (Å²) in [6.45, 7) is 0. The SMILES string of the molecule is c1coc(-n2c(C3CCSCC3)nc3cccnc32)c1. The van der Waals surface area contributed by atoms with Crippen molar-refractivity contribution in [2.24, 2.45) is 0 Å². The van der Waals surface area contributed by atoms with Crippen LogP contribution in [0.3, 0.4) is 0 Å². The standard InChI is InChI=1S/C15H15N3OS/c1-3-12-15(16-7-1)18(13-4-2-8-19-13)14(17-12)11-5-9-20-10-6-11/h1-4,7-8,11H,5-6,9-10H2. The highest BCUT2D eigenvalue weighted by Crippen LogP contribution is 2.34. The Morgan fingerprint density at radius 3 is 2.90 bits per heavy atom. The van der Waals surface area contributed by atoms with Gasteiger partial charge in [0.05, 0.1) is 6.26 Å². The lowest BCUT2D eigenvalue weighted by molar-refractivity contribution is 0.516. The molecule has 4 heterocycles. The van der Waals surface area contributed by atoms with E-state index in [0.29, 0.717) is 5.92 Å². The molecule has 0 amide bonds. The van der Waals surface area contributed by atoms with Gasteiger partial charge < -0.3 is 4.42 Å². The zero-order chi connectivity index (χ0) is 13.4. The van der Waals surface area contributed by atoms with Gasteiger partial charge in [0.2, 0.25) is 5.88 Å². The third-order valence-electron chi connectivity index (χ3n) is 3.75. The number of aromatic nitrogens is 3. The molecule has 0 spiro atoms. The van der Waals surface area contributed by atoms with Gasteiger partial charge in [-0.05, 0) is 42.5 Å². The molecule has 0 bridgehead atoms. The molecule has 4 nitrogen and oxygen atoms in total. The molecule has 0 aliphatic carbocycles. The van der Waals surface area contributed by atoms with Gasteiger partial charge in [0.25, 0.3) is 0 Å². The minimum absolute atomic E-state index is 0.496. The number of nitrogens with zero attached hydrogens (tertiary/aromatic N) is 3. The minimum Gasteiger partial charge on any atom is -0.448 e. The highest BCUT2D eigenvalue weighted by atomic mass is 32.2. The third kappa shape index (κ3) is 1.93. The van der Waals surface area contributed by atoms with E-state index in [1.54, 1.807) is 6.26 Å². The molecule has 1 aliphatic heterocycles. The molecular weight excluding hydrogens is 270 g/mol. The zero-order valence-electron chi connectivity index (χ0n) is 11.0. The van der Waals surface area contributed by atoms with Crippen molar-refractivity contribution in [3.8, 4) is 5.88 Å². The van der Waals surface area contributed by atoms with Crippen LogP contribution in [0.1, 0.15) is 24.6 Å². The summed E-state index contributed by atoms with van der Waals surface area (Å²) >= 11 is 2.03. The fourth-order valence-corrected chi connectivity index (χ4v) is 3.88. The zero-order valence-corrected chi connectivity index (χ0v) is 11.8. The molecule has 4 rings (SSSR count). The van der Waals surface area contributed by atoms with E-state index in [-0.39, 0.29) is 0 Å². The molecule has 0 radical (unpaired) electrons. The second-order valence-electron chi connectivity index (χ2n) is 4.99. The lowest BCUT2D eigenvalue weighted by Gasteiger charge is -2.21. The molecule has 1 saturated heterocycles. The molecule has 5 heteroatoms. The normalized spacial score (nSPS) is 16.8. The molecular formula is C15H15N3OS. The Kier molecular flexibility index (Phi) is 2.99. The monoisotopic (exact) mass is 285 g/mol. The van der Waals surface area contributed by atoms with Crippen LogP contribution in [0.4, 0.5) is 0 Å². The molecule has 0 saturated carbocycles. The van der Waals surface area contributed by atoms with Crippen LogP contribution in [0.15, 0.2) is 41.1 Å². The minimum atomic E-state index is 0.496. The van der Waals surface area contributed by atoms with Crippen molar-refractivity contribution in [2.45, 2.75) is 18.8 Å². The maximum atomic E-state index is 5.60. The highest BCUT2D eigenvalue weighted by molar-refractivity contribution is 7.99. The Hall–Kier alpha value is -1.75. The summed E-state index contributed by atoms with van der Waals surface area (Å²) in [6, 6.07) is 7.83. The van der Waals surface area contributed by atoms with Gasteiger partial charge in [-0.25, -0.2) is 14.5 Å². The fourth-order valence-electron chi connectivity index (χ4n) is 2.77. The average molecular weight is 285 g/mol. The van der Waals surface area contributed by atoms with Gasteiger partial charge in [0, 0.05) is 18.2 Å². The summed E-state index contributed by atoms with van der Waals surface area (Å²) in [5, 5.41) is 0. The van der Waals surface area contributed by atoms with Crippen LogP contribution >= 0.6 is 11.8 Å². The van der Waals surface area contributed by atoms with Crippen LogP contribution in [-0.4, -0.2) is 26.0 Å². The molecule has 1 aliphatic rings. The maximum Gasteiger partial charge on any atom is 0.206 e. The van der Waals surface area contributed by atoms with Crippen molar-refractivity contribution in [1.82, 2.24) is 14.5 Å². The molecule has 0 aromatic carbocycles. The summed E-state index contributed by atoms with van der Waals surface area (Å²) in [4.78, 5) is 9.31. The van der Waals surface area contributed by atoms with E-state index < -0.39 is 0 Å². The van der Waals surface area contributed by atoms with Gasteiger partial charge in [-0.15, -0.1) is 0 Å². The van der Waals surface area contributed by atoms with Crippen LogP contribution in [0, 0.1) is 0 Å². The van der Waals surface area contributed by atoms with E-state index in [1.807, 2.05) is 42.2 Å². The van der Waals surface area contributed by atoms with Gasteiger partial charge in [-0.3, -0.25) is 0 Å². The smallest absolute Gasteiger partial charge is 0.206 e. The van der Waals surface area contributed by atoms with Gasteiger partial charge in [0.15, 0.2) is 5.65 Å². The second-order valence-corrected chi connectivity index (χ2v) is 6.21. The van der Waals surface area contributed by atoms with Crippen LogP contribution in [-0.2, 0) is 0 Å². The Balaban J connectivity index is 1.92. The van der Waals surface area contributed by atoms with Crippen LogP contribution in [0.5, 0.6) is 0 Å². The number of pyridine rings is 1. The van der Waals surface area contributed by atoms with Gasteiger partial charge >= 0.3 is 0 Å². The first-order valence-corrected chi connectivity index (χ1v) is 8.04. The average Bonchev–Trinajstić information content (AvgIpc) is 3.14. The summed E-state index contributed by atoms with van der Waals surface area (Å²) in [5.41, 5.74) is 1.83. The molecule has 20 heavy (non-hydrogen) atoms. The van der Waals surface area contributed by atoms with Crippen LogP contribution in [0.25, 0.3) is 17.0 Å². The first-order valence-electron chi connectivity index (χ1n) is 6.88. The van der Waals surface area contributed by atoms with E-state index in [4.69, 9.17) is 9.40 Å². The molecule has 1 fully saturated rings. The van der Waals surface area contributed by atoms with Crippen molar-refractivity contribution in [3.63, 3.8) is 0 Å². The molecule has 0 unspecified atom stereocenters. The number of imidazole rings is 1. The molecule has 3 aromatic heterocycles. The van der Waals surface area contributed by atoms with Crippen LogP contribution < -0.4 is 0 Å². The van der Waals surface area contributed by atoms with Crippen molar-refractivity contribution >= 4 is 22.9 Å².